The van der Waals surface area contributed by atoms with Crippen LogP contribution in [-0.2, 0) is 0 Å². The first-order valence-electron chi connectivity index (χ1n) is 5.73. The molecule has 0 aliphatic carbocycles. The van der Waals surface area contributed by atoms with Crippen molar-refractivity contribution in [3.63, 3.8) is 0 Å². The molecule has 0 amide bonds. The number of hydrogen-bond donors (Lipinski definition) is 0. The number of hydrogen-bond acceptors (Lipinski definition) is 3. The third-order valence-electron chi connectivity index (χ3n) is 2.96. The molecule has 3 nitrogen and oxygen atoms in total. The Kier molecular flexibility index (Phi) is 2.80. The minimum absolute atomic E-state index is 0.934. The van der Waals surface area contributed by atoms with E-state index in [1.807, 2.05) is 13.0 Å². The van der Waals surface area contributed by atoms with E-state index in [9.17, 15) is 0 Å². The van der Waals surface area contributed by atoms with Crippen molar-refractivity contribution in [1.82, 2.24) is 14.5 Å². The van der Waals surface area contributed by atoms with Gasteiger partial charge in [0.05, 0.1) is 11.7 Å². The van der Waals surface area contributed by atoms with Crippen LogP contribution >= 0.6 is 11.8 Å². The molecule has 18 heavy (non-hydrogen) atoms. The van der Waals surface area contributed by atoms with E-state index < -0.39 is 0 Å². The van der Waals surface area contributed by atoms with Crippen LogP contribution in [0.1, 0.15) is 5.82 Å². The molecule has 0 saturated heterocycles. The van der Waals surface area contributed by atoms with Gasteiger partial charge in [0.1, 0.15) is 11.3 Å². The molecule has 0 fully saturated rings. The molecule has 0 N–H and O–H groups in total. The van der Waals surface area contributed by atoms with Gasteiger partial charge in [-0.2, -0.15) is 0 Å². The maximum absolute atomic E-state index is 4.53. The monoisotopic (exact) mass is 255 g/mol. The molecular weight excluding hydrogens is 242 g/mol. The maximum Gasteiger partial charge on any atom is 0.111 e. The quantitative estimate of drug-likeness (QED) is 0.657. The van der Waals surface area contributed by atoms with Gasteiger partial charge in [-0.15, -0.1) is 11.8 Å². The maximum atomic E-state index is 4.53. The lowest BCUT2D eigenvalue weighted by Gasteiger charge is -2.07. The SMILES string of the molecule is CSc1ccc(-n2c(C)nc3cnccc32)cc1. The lowest BCUT2D eigenvalue weighted by molar-refractivity contribution is 0.999. The second kappa shape index (κ2) is 4.46. The van der Waals surface area contributed by atoms with E-state index in [0.29, 0.717) is 0 Å². The Morgan fingerprint density at radius 2 is 1.89 bits per heavy atom. The van der Waals surface area contributed by atoms with Crippen LogP contribution in [0.15, 0.2) is 47.6 Å². The van der Waals surface area contributed by atoms with Crippen LogP contribution < -0.4 is 0 Å². The highest BCUT2D eigenvalue weighted by Crippen LogP contribution is 2.22. The van der Waals surface area contributed by atoms with Crippen LogP contribution in [0.25, 0.3) is 16.7 Å². The van der Waals surface area contributed by atoms with E-state index >= 15 is 0 Å². The Morgan fingerprint density at radius 1 is 1.11 bits per heavy atom. The number of pyridine rings is 1. The second-order valence-corrected chi connectivity index (χ2v) is 4.94. The number of aryl methyl sites for hydroxylation is 1. The van der Waals surface area contributed by atoms with E-state index in [1.54, 1.807) is 24.2 Å². The highest BCUT2D eigenvalue weighted by molar-refractivity contribution is 7.98. The highest BCUT2D eigenvalue weighted by atomic mass is 32.2. The van der Waals surface area contributed by atoms with Crippen LogP contribution in [-0.4, -0.2) is 20.8 Å². The summed E-state index contributed by atoms with van der Waals surface area (Å²) < 4.78 is 2.15. The van der Waals surface area contributed by atoms with Crippen LogP contribution in [0, 0.1) is 6.92 Å². The minimum Gasteiger partial charge on any atom is -0.296 e. The molecular formula is C14H13N3S. The molecule has 0 unspecified atom stereocenters. The molecule has 3 aromatic rings. The van der Waals surface area contributed by atoms with Crippen LogP contribution in [0.4, 0.5) is 0 Å². The van der Waals surface area contributed by atoms with Gasteiger partial charge >= 0.3 is 0 Å². The fourth-order valence-electron chi connectivity index (χ4n) is 2.11. The zero-order valence-corrected chi connectivity index (χ0v) is 11.1. The number of fused-ring (bicyclic) bond motifs is 1. The summed E-state index contributed by atoms with van der Waals surface area (Å²) in [5.74, 6) is 0.981. The number of nitrogens with zero attached hydrogens (tertiary/aromatic N) is 3. The molecule has 2 aromatic heterocycles. The number of aromatic nitrogens is 3. The summed E-state index contributed by atoms with van der Waals surface area (Å²) in [6.45, 7) is 2.02. The molecule has 0 bridgehead atoms. The van der Waals surface area contributed by atoms with Gasteiger partial charge in [0.2, 0.25) is 0 Å². The van der Waals surface area contributed by atoms with Crippen LogP contribution in [0.2, 0.25) is 0 Å². The molecule has 0 radical (unpaired) electrons. The largest absolute Gasteiger partial charge is 0.296 e. The summed E-state index contributed by atoms with van der Waals surface area (Å²) >= 11 is 1.75. The summed E-state index contributed by atoms with van der Waals surface area (Å²) in [4.78, 5) is 9.90. The summed E-state index contributed by atoms with van der Waals surface area (Å²) in [5.41, 5.74) is 3.17. The van der Waals surface area contributed by atoms with Gasteiger partial charge in [-0.3, -0.25) is 9.55 Å². The number of thioether (sulfide) groups is 1. The van der Waals surface area contributed by atoms with Crippen molar-refractivity contribution in [2.24, 2.45) is 0 Å². The zero-order valence-electron chi connectivity index (χ0n) is 10.3. The van der Waals surface area contributed by atoms with Crippen molar-refractivity contribution in [1.29, 1.82) is 0 Å². The number of rotatable bonds is 2. The van der Waals surface area contributed by atoms with Gasteiger partial charge in [0.15, 0.2) is 0 Å². The van der Waals surface area contributed by atoms with Gasteiger partial charge in [-0.05, 0) is 43.5 Å². The van der Waals surface area contributed by atoms with E-state index in [0.717, 1.165) is 22.5 Å². The fraction of sp³-hybridized carbons (Fsp3) is 0.143. The standard InChI is InChI=1S/C14H13N3S/c1-10-16-13-9-15-8-7-14(13)17(10)11-3-5-12(18-2)6-4-11/h3-9H,1-2H3. The molecule has 90 valence electrons. The average molecular weight is 255 g/mol. The second-order valence-electron chi connectivity index (χ2n) is 4.06. The van der Waals surface area contributed by atoms with E-state index in [1.165, 1.54) is 4.90 Å². The number of imidazole rings is 1. The normalized spacial score (nSPS) is 11.0. The smallest absolute Gasteiger partial charge is 0.111 e. The molecule has 1 aromatic carbocycles. The molecule has 2 heterocycles. The van der Waals surface area contributed by atoms with Crippen molar-refractivity contribution >= 4 is 22.8 Å². The Bertz CT molecular complexity index is 686. The van der Waals surface area contributed by atoms with Gasteiger partial charge < -0.3 is 0 Å². The van der Waals surface area contributed by atoms with Crippen molar-refractivity contribution in [3.8, 4) is 5.69 Å². The van der Waals surface area contributed by atoms with Crippen molar-refractivity contribution in [2.75, 3.05) is 6.26 Å². The Morgan fingerprint density at radius 3 is 2.61 bits per heavy atom. The summed E-state index contributed by atoms with van der Waals surface area (Å²) in [5, 5.41) is 0. The van der Waals surface area contributed by atoms with Crippen molar-refractivity contribution in [3.05, 3.63) is 48.5 Å². The average Bonchev–Trinajstić information content (AvgIpc) is 2.75. The lowest BCUT2D eigenvalue weighted by atomic mass is 10.3. The first-order valence-corrected chi connectivity index (χ1v) is 6.95. The predicted octanol–water partition coefficient (Wildman–Crippen LogP) is 3.45. The molecule has 0 atom stereocenters. The van der Waals surface area contributed by atoms with E-state index in [2.05, 4.69) is 45.1 Å². The molecule has 3 rings (SSSR count). The topological polar surface area (TPSA) is 30.7 Å². The Hall–Kier alpha value is -1.81. The summed E-state index contributed by atoms with van der Waals surface area (Å²) in [7, 11) is 0. The van der Waals surface area contributed by atoms with Crippen LogP contribution in [0.3, 0.4) is 0 Å². The molecule has 0 spiro atoms. The van der Waals surface area contributed by atoms with Crippen molar-refractivity contribution < 1.29 is 0 Å². The van der Waals surface area contributed by atoms with Crippen LogP contribution in [0.5, 0.6) is 0 Å². The minimum atomic E-state index is 0.934. The van der Waals surface area contributed by atoms with Gasteiger partial charge in [-0.25, -0.2) is 4.98 Å². The summed E-state index contributed by atoms with van der Waals surface area (Å²) in [6, 6.07) is 10.5. The van der Waals surface area contributed by atoms with Gasteiger partial charge in [0.25, 0.3) is 0 Å². The third-order valence-corrected chi connectivity index (χ3v) is 3.70. The predicted molar refractivity (Wildman–Crippen MR) is 75.4 cm³/mol. The van der Waals surface area contributed by atoms with E-state index in [4.69, 9.17) is 0 Å². The van der Waals surface area contributed by atoms with Gasteiger partial charge in [0, 0.05) is 16.8 Å². The third kappa shape index (κ3) is 1.78. The van der Waals surface area contributed by atoms with E-state index in [-0.39, 0.29) is 0 Å². The van der Waals surface area contributed by atoms with Crippen molar-refractivity contribution in [2.45, 2.75) is 11.8 Å². The Labute approximate surface area is 110 Å². The highest BCUT2D eigenvalue weighted by Gasteiger charge is 2.08. The number of benzene rings is 1. The molecule has 4 heteroatoms. The summed E-state index contributed by atoms with van der Waals surface area (Å²) in [6.07, 6.45) is 5.68. The zero-order chi connectivity index (χ0) is 12.5. The lowest BCUT2D eigenvalue weighted by Crippen LogP contribution is -1.96. The van der Waals surface area contributed by atoms with Gasteiger partial charge in [-0.1, -0.05) is 0 Å². The first kappa shape index (κ1) is 11.3. The first-order chi connectivity index (χ1) is 8.79. The molecule has 0 aliphatic heterocycles. The molecule has 0 aliphatic rings. The molecule has 0 saturated carbocycles. The fourth-order valence-corrected chi connectivity index (χ4v) is 2.52. The Balaban J connectivity index is 2.20.